The first kappa shape index (κ1) is 18.5. The lowest BCUT2D eigenvalue weighted by molar-refractivity contribution is -0.121. The Balaban J connectivity index is 2.20. The second kappa shape index (κ2) is 7.39. The first-order chi connectivity index (χ1) is 10.8. The molecule has 0 aromatic heterocycles. The molecule has 2 fully saturated rings. The molecule has 1 aliphatic heterocycles. The van der Waals surface area contributed by atoms with Crippen LogP contribution >= 0.6 is 0 Å². The van der Waals surface area contributed by atoms with Crippen LogP contribution in [0.4, 0.5) is 0 Å². The number of aliphatic imine (C=N–C) groups is 1. The molecule has 1 aliphatic carbocycles. The van der Waals surface area contributed by atoms with Crippen molar-refractivity contribution in [3.63, 3.8) is 0 Å². The first-order valence-corrected chi connectivity index (χ1v) is 9.04. The van der Waals surface area contributed by atoms with E-state index in [1.54, 1.807) is 0 Å². The third-order valence-corrected chi connectivity index (χ3v) is 5.20. The van der Waals surface area contributed by atoms with Gasteiger partial charge in [0.15, 0.2) is 5.96 Å². The molecule has 1 heterocycles. The normalized spacial score (nSPS) is 24.1. The van der Waals surface area contributed by atoms with E-state index in [9.17, 15) is 0 Å². The Kier molecular flexibility index (Phi) is 5.95. The van der Waals surface area contributed by atoms with Crippen molar-refractivity contribution in [1.29, 1.82) is 0 Å². The number of morpholine rings is 1. The predicted octanol–water partition coefficient (Wildman–Crippen LogP) is 2.28. The quantitative estimate of drug-likeness (QED) is 0.589. The van der Waals surface area contributed by atoms with Crippen molar-refractivity contribution in [3.05, 3.63) is 0 Å². The number of hydrogen-bond acceptors (Lipinski definition) is 3. The lowest BCUT2D eigenvalue weighted by Gasteiger charge is -2.51. The molecule has 0 radical (unpaired) electrons. The van der Waals surface area contributed by atoms with E-state index < -0.39 is 0 Å². The molecule has 0 bridgehead atoms. The van der Waals surface area contributed by atoms with Gasteiger partial charge in [-0.05, 0) is 26.7 Å². The van der Waals surface area contributed by atoms with Gasteiger partial charge in [0.05, 0.1) is 18.8 Å². The van der Waals surface area contributed by atoms with Crippen LogP contribution in [0.2, 0.25) is 0 Å². The molecule has 0 aromatic carbocycles. The van der Waals surface area contributed by atoms with E-state index in [1.807, 2.05) is 0 Å². The van der Waals surface area contributed by atoms with Crippen molar-refractivity contribution in [2.75, 3.05) is 54.4 Å². The van der Waals surface area contributed by atoms with Gasteiger partial charge in [-0.1, -0.05) is 19.3 Å². The highest BCUT2D eigenvalue weighted by atomic mass is 16.5. The van der Waals surface area contributed by atoms with Gasteiger partial charge in [-0.3, -0.25) is 9.89 Å². The molecule has 0 aromatic rings. The summed E-state index contributed by atoms with van der Waals surface area (Å²) in [5, 5.41) is 0. The van der Waals surface area contributed by atoms with Gasteiger partial charge >= 0.3 is 0 Å². The molecule has 5 nitrogen and oxygen atoms in total. The molecule has 1 saturated carbocycles. The molecule has 0 spiro atoms. The Morgan fingerprint density at radius 2 is 1.65 bits per heavy atom. The van der Waals surface area contributed by atoms with Crippen LogP contribution in [-0.4, -0.2) is 86.2 Å². The van der Waals surface area contributed by atoms with Gasteiger partial charge in [-0.25, -0.2) is 0 Å². The zero-order valence-electron chi connectivity index (χ0n) is 16.1. The van der Waals surface area contributed by atoms with Crippen LogP contribution in [0, 0.1) is 0 Å². The molecule has 23 heavy (non-hydrogen) atoms. The minimum Gasteiger partial charge on any atom is -0.373 e. The third kappa shape index (κ3) is 4.60. The molecule has 134 valence electrons. The maximum Gasteiger partial charge on any atom is 0.195 e. The zero-order chi connectivity index (χ0) is 17.1. The van der Waals surface area contributed by atoms with Gasteiger partial charge in [0.2, 0.25) is 0 Å². The largest absolute Gasteiger partial charge is 0.373 e. The minimum atomic E-state index is -0.0433. The van der Waals surface area contributed by atoms with Gasteiger partial charge in [0.1, 0.15) is 0 Å². The van der Waals surface area contributed by atoms with Gasteiger partial charge in [0.25, 0.3) is 0 Å². The van der Waals surface area contributed by atoms with Crippen molar-refractivity contribution in [2.24, 2.45) is 4.99 Å². The monoisotopic (exact) mass is 324 g/mol. The summed E-state index contributed by atoms with van der Waals surface area (Å²) in [5.41, 5.74) is 0.176. The highest BCUT2D eigenvalue weighted by molar-refractivity contribution is 5.79. The first-order valence-electron chi connectivity index (χ1n) is 9.04. The molecule has 5 heteroatoms. The number of hydrogen-bond donors (Lipinski definition) is 0. The maximum atomic E-state index is 5.94. The number of ether oxygens (including phenoxy) is 1. The van der Waals surface area contributed by atoms with E-state index in [0.717, 1.165) is 32.2 Å². The standard InChI is InChI=1S/C18H36N4O/c1-17(2)15-22(12-13-23-17)18(10-8-7-9-11-18)14-19-16(20(3)4)21(5)6/h7-15H2,1-6H3. The van der Waals surface area contributed by atoms with Crippen LogP contribution in [0.1, 0.15) is 46.0 Å². The summed E-state index contributed by atoms with van der Waals surface area (Å²) >= 11 is 0. The molecular formula is C18H36N4O. The Morgan fingerprint density at radius 3 is 2.17 bits per heavy atom. The van der Waals surface area contributed by atoms with Crippen LogP contribution in [0.15, 0.2) is 4.99 Å². The molecule has 0 amide bonds. The number of nitrogens with zero attached hydrogens (tertiary/aromatic N) is 4. The SMILES string of the molecule is CN(C)C(=NCC1(N2CCOC(C)(C)C2)CCCCC1)N(C)C. The summed E-state index contributed by atoms with van der Waals surface area (Å²) in [6, 6.07) is 0. The second-order valence-corrected chi connectivity index (χ2v) is 8.22. The van der Waals surface area contributed by atoms with Crippen molar-refractivity contribution < 1.29 is 4.74 Å². The molecule has 2 aliphatic rings. The van der Waals surface area contributed by atoms with E-state index in [0.29, 0.717) is 0 Å². The Bertz CT molecular complexity index is 401. The molecule has 2 rings (SSSR count). The number of rotatable bonds is 3. The summed E-state index contributed by atoms with van der Waals surface area (Å²) in [4.78, 5) is 11.9. The Hall–Kier alpha value is -0.810. The second-order valence-electron chi connectivity index (χ2n) is 8.22. The van der Waals surface area contributed by atoms with Gasteiger partial charge < -0.3 is 14.5 Å². The summed E-state index contributed by atoms with van der Waals surface area (Å²) < 4.78 is 5.94. The summed E-state index contributed by atoms with van der Waals surface area (Å²) in [5.74, 6) is 1.06. The van der Waals surface area contributed by atoms with Crippen LogP contribution in [0.5, 0.6) is 0 Å². The molecule has 0 atom stereocenters. The summed E-state index contributed by atoms with van der Waals surface area (Å²) in [6.45, 7) is 8.22. The predicted molar refractivity (Wildman–Crippen MR) is 97.1 cm³/mol. The fraction of sp³-hybridized carbons (Fsp3) is 0.944. The van der Waals surface area contributed by atoms with Crippen LogP contribution in [0.25, 0.3) is 0 Å². The lowest BCUT2D eigenvalue weighted by atomic mass is 9.79. The average Bonchev–Trinajstić information content (AvgIpc) is 2.46. The molecular weight excluding hydrogens is 288 g/mol. The topological polar surface area (TPSA) is 31.3 Å². The van der Waals surface area contributed by atoms with Crippen LogP contribution in [0.3, 0.4) is 0 Å². The van der Waals surface area contributed by atoms with Crippen molar-refractivity contribution in [1.82, 2.24) is 14.7 Å². The van der Waals surface area contributed by atoms with Crippen LogP contribution in [-0.2, 0) is 4.74 Å². The average molecular weight is 325 g/mol. The van der Waals surface area contributed by atoms with E-state index in [2.05, 4.69) is 56.7 Å². The highest BCUT2D eigenvalue weighted by Crippen LogP contribution is 2.36. The fourth-order valence-electron chi connectivity index (χ4n) is 4.11. The highest BCUT2D eigenvalue weighted by Gasteiger charge is 2.42. The van der Waals surface area contributed by atoms with Gasteiger partial charge in [0, 0.05) is 46.8 Å². The van der Waals surface area contributed by atoms with E-state index in [1.165, 1.54) is 32.1 Å². The summed E-state index contributed by atoms with van der Waals surface area (Å²) in [7, 11) is 8.29. The Morgan fingerprint density at radius 1 is 1.04 bits per heavy atom. The minimum absolute atomic E-state index is 0.0433. The summed E-state index contributed by atoms with van der Waals surface area (Å²) in [6.07, 6.45) is 6.55. The third-order valence-electron chi connectivity index (χ3n) is 5.20. The fourth-order valence-corrected chi connectivity index (χ4v) is 4.11. The Labute approximate surface area is 142 Å². The zero-order valence-corrected chi connectivity index (χ0v) is 16.1. The van der Waals surface area contributed by atoms with E-state index >= 15 is 0 Å². The van der Waals surface area contributed by atoms with Gasteiger partial charge in [-0.2, -0.15) is 0 Å². The number of guanidine groups is 1. The smallest absolute Gasteiger partial charge is 0.195 e. The van der Waals surface area contributed by atoms with Crippen molar-refractivity contribution >= 4 is 5.96 Å². The van der Waals surface area contributed by atoms with Crippen molar-refractivity contribution in [3.8, 4) is 0 Å². The molecule has 0 unspecified atom stereocenters. The van der Waals surface area contributed by atoms with E-state index in [-0.39, 0.29) is 11.1 Å². The molecule has 1 saturated heterocycles. The maximum absolute atomic E-state index is 5.94. The lowest BCUT2D eigenvalue weighted by Crippen LogP contribution is -2.60. The van der Waals surface area contributed by atoms with E-state index in [4.69, 9.17) is 9.73 Å². The van der Waals surface area contributed by atoms with Crippen LogP contribution < -0.4 is 0 Å². The van der Waals surface area contributed by atoms with Gasteiger partial charge in [-0.15, -0.1) is 0 Å². The van der Waals surface area contributed by atoms with Crippen molar-refractivity contribution in [2.45, 2.75) is 57.1 Å². The molecule has 0 N–H and O–H groups in total.